The second-order valence-corrected chi connectivity index (χ2v) is 5.46. The maximum Gasteiger partial charge on any atom is 0.0368 e. The van der Waals surface area contributed by atoms with Crippen molar-refractivity contribution in [2.45, 2.75) is 51.5 Å². The van der Waals surface area contributed by atoms with Gasteiger partial charge in [-0.3, -0.25) is 0 Å². The van der Waals surface area contributed by atoms with Gasteiger partial charge in [-0.2, -0.15) is 0 Å². The van der Waals surface area contributed by atoms with Crippen LogP contribution in [0.1, 0.15) is 44.1 Å². The lowest BCUT2D eigenvalue weighted by atomic mass is 9.93. The molecule has 2 nitrogen and oxygen atoms in total. The smallest absolute Gasteiger partial charge is 0.0368 e. The summed E-state index contributed by atoms with van der Waals surface area (Å²) in [6.07, 6.45) is 7.96. The summed E-state index contributed by atoms with van der Waals surface area (Å²) in [6.45, 7) is 4.04. The van der Waals surface area contributed by atoms with Gasteiger partial charge < -0.3 is 10.6 Å². The highest BCUT2D eigenvalue weighted by Gasteiger charge is 2.20. The van der Waals surface area contributed by atoms with Gasteiger partial charge in [0.2, 0.25) is 0 Å². The highest BCUT2D eigenvalue weighted by Crippen LogP contribution is 2.27. The first-order valence-electron chi connectivity index (χ1n) is 7.34. The van der Waals surface area contributed by atoms with Crippen LogP contribution < -0.4 is 10.6 Å². The molecule has 0 spiro atoms. The molecule has 1 aromatic rings. The van der Waals surface area contributed by atoms with E-state index in [1.165, 1.54) is 43.4 Å². The Morgan fingerprint density at radius 3 is 2.39 bits per heavy atom. The molecule has 1 aliphatic rings. The lowest BCUT2D eigenvalue weighted by molar-refractivity contribution is 0.413. The Bertz CT molecular complexity index is 339. The standard InChI is InChI=1S/C16H26N2/c1-14-8-10-16(11-9-14)18(13-5-12-17)15-6-3-2-4-7-15/h8-11,15H,2-7,12-13,17H2,1H3. The van der Waals surface area contributed by atoms with Gasteiger partial charge in [0.05, 0.1) is 0 Å². The molecule has 0 bridgehead atoms. The van der Waals surface area contributed by atoms with Crippen LogP contribution in [0.4, 0.5) is 5.69 Å². The van der Waals surface area contributed by atoms with Gasteiger partial charge in [0.1, 0.15) is 0 Å². The van der Waals surface area contributed by atoms with Crippen LogP contribution in [0.3, 0.4) is 0 Å². The van der Waals surface area contributed by atoms with E-state index in [0.717, 1.165) is 25.6 Å². The molecule has 100 valence electrons. The fourth-order valence-electron chi connectivity index (χ4n) is 2.91. The van der Waals surface area contributed by atoms with E-state index in [4.69, 9.17) is 5.73 Å². The van der Waals surface area contributed by atoms with Gasteiger partial charge in [-0.15, -0.1) is 0 Å². The van der Waals surface area contributed by atoms with Gasteiger partial charge in [-0.1, -0.05) is 37.0 Å². The topological polar surface area (TPSA) is 29.3 Å². The van der Waals surface area contributed by atoms with Crippen LogP contribution in [0.5, 0.6) is 0 Å². The SMILES string of the molecule is Cc1ccc(N(CCCN)C2CCCCC2)cc1. The number of nitrogens with zero attached hydrogens (tertiary/aromatic N) is 1. The molecule has 0 radical (unpaired) electrons. The van der Waals surface area contributed by atoms with E-state index >= 15 is 0 Å². The molecule has 0 unspecified atom stereocenters. The number of hydrogen-bond donors (Lipinski definition) is 1. The van der Waals surface area contributed by atoms with Gasteiger partial charge >= 0.3 is 0 Å². The summed E-state index contributed by atoms with van der Waals surface area (Å²) in [4.78, 5) is 2.59. The largest absolute Gasteiger partial charge is 0.369 e. The van der Waals surface area contributed by atoms with Crippen LogP contribution in [0, 0.1) is 6.92 Å². The highest BCUT2D eigenvalue weighted by molar-refractivity contribution is 5.48. The van der Waals surface area contributed by atoms with Crippen molar-refractivity contribution in [3.63, 3.8) is 0 Å². The van der Waals surface area contributed by atoms with E-state index in [1.54, 1.807) is 0 Å². The minimum atomic E-state index is 0.730. The third-order valence-corrected chi connectivity index (χ3v) is 3.98. The molecule has 0 saturated heterocycles. The fraction of sp³-hybridized carbons (Fsp3) is 0.625. The second kappa shape index (κ2) is 6.79. The van der Waals surface area contributed by atoms with Gasteiger partial charge in [-0.25, -0.2) is 0 Å². The number of anilines is 1. The predicted molar refractivity (Wildman–Crippen MR) is 79.1 cm³/mol. The van der Waals surface area contributed by atoms with Gasteiger partial charge in [0.25, 0.3) is 0 Å². The minimum Gasteiger partial charge on any atom is -0.369 e. The van der Waals surface area contributed by atoms with Gasteiger partial charge in [0.15, 0.2) is 0 Å². The first-order chi connectivity index (χ1) is 8.81. The van der Waals surface area contributed by atoms with Crippen molar-refractivity contribution in [1.82, 2.24) is 0 Å². The Morgan fingerprint density at radius 1 is 1.11 bits per heavy atom. The number of hydrogen-bond acceptors (Lipinski definition) is 2. The molecule has 2 N–H and O–H groups in total. The highest BCUT2D eigenvalue weighted by atomic mass is 15.2. The molecular formula is C16H26N2. The molecular weight excluding hydrogens is 220 g/mol. The van der Waals surface area contributed by atoms with Crippen molar-refractivity contribution in [2.75, 3.05) is 18.0 Å². The van der Waals surface area contributed by atoms with E-state index in [0.29, 0.717) is 0 Å². The molecule has 1 aromatic carbocycles. The van der Waals surface area contributed by atoms with Crippen LogP contribution in [-0.4, -0.2) is 19.1 Å². The Balaban J connectivity index is 2.10. The lowest BCUT2D eigenvalue weighted by Gasteiger charge is -2.36. The molecule has 2 heteroatoms. The monoisotopic (exact) mass is 246 g/mol. The van der Waals surface area contributed by atoms with Crippen molar-refractivity contribution in [3.8, 4) is 0 Å². The van der Waals surface area contributed by atoms with E-state index in [-0.39, 0.29) is 0 Å². The van der Waals surface area contributed by atoms with Crippen LogP contribution in [0.15, 0.2) is 24.3 Å². The molecule has 0 atom stereocenters. The fourth-order valence-corrected chi connectivity index (χ4v) is 2.91. The molecule has 18 heavy (non-hydrogen) atoms. The van der Waals surface area contributed by atoms with E-state index in [9.17, 15) is 0 Å². The van der Waals surface area contributed by atoms with Crippen molar-refractivity contribution in [2.24, 2.45) is 5.73 Å². The van der Waals surface area contributed by atoms with E-state index < -0.39 is 0 Å². The Hall–Kier alpha value is -1.02. The van der Waals surface area contributed by atoms with Crippen molar-refractivity contribution in [1.29, 1.82) is 0 Å². The second-order valence-electron chi connectivity index (χ2n) is 5.46. The summed E-state index contributed by atoms with van der Waals surface area (Å²) in [5.74, 6) is 0. The molecule has 2 rings (SSSR count). The molecule has 0 heterocycles. The minimum absolute atomic E-state index is 0.730. The lowest BCUT2D eigenvalue weighted by Crippen LogP contribution is -2.38. The van der Waals surface area contributed by atoms with Gasteiger partial charge in [0, 0.05) is 18.3 Å². The maximum absolute atomic E-state index is 5.68. The number of rotatable bonds is 5. The molecule has 0 aromatic heterocycles. The predicted octanol–water partition coefficient (Wildman–Crippen LogP) is 3.48. The Kier molecular flexibility index (Phi) is 5.06. The molecule has 0 aliphatic heterocycles. The zero-order valence-electron chi connectivity index (χ0n) is 11.6. The first-order valence-corrected chi connectivity index (χ1v) is 7.34. The van der Waals surface area contributed by atoms with Crippen LogP contribution in [0.25, 0.3) is 0 Å². The average molecular weight is 246 g/mol. The molecule has 1 fully saturated rings. The summed E-state index contributed by atoms with van der Waals surface area (Å²) in [7, 11) is 0. The summed E-state index contributed by atoms with van der Waals surface area (Å²) in [5.41, 5.74) is 8.39. The number of benzene rings is 1. The summed E-state index contributed by atoms with van der Waals surface area (Å²) >= 11 is 0. The number of aryl methyl sites for hydroxylation is 1. The molecule has 0 amide bonds. The third-order valence-electron chi connectivity index (χ3n) is 3.98. The quantitative estimate of drug-likeness (QED) is 0.862. The summed E-state index contributed by atoms with van der Waals surface area (Å²) in [5, 5.41) is 0. The molecule has 1 aliphatic carbocycles. The third kappa shape index (κ3) is 3.49. The zero-order valence-corrected chi connectivity index (χ0v) is 11.6. The Morgan fingerprint density at radius 2 is 1.78 bits per heavy atom. The summed E-state index contributed by atoms with van der Waals surface area (Å²) in [6, 6.07) is 9.69. The average Bonchev–Trinajstić information content (AvgIpc) is 2.42. The Labute approximate surface area is 111 Å². The molecule has 1 saturated carbocycles. The van der Waals surface area contributed by atoms with Crippen molar-refractivity contribution in [3.05, 3.63) is 29.8 Å². The maximum atomic E-state index is 5.68. The van der Waals surface area contributed by atoms with Gasteiger partial charge in [-0.05, 0) is 44.9 Å². The first kappa shape index (κ1) is 13.4. The normalized spacial score (nSPS) is 16.8. The van der Waals surface area contributed by atoms with Crippen molar-refractivity contribution < 1.29 is 0 Å². The van der Waals surface area contributed by atoms with E-state index in [1.807, 2.05) is 0 Å². The number of nitrogens with two attached hydrogens (primary N) is 1. The van der Waals surface area contributed by atoms with Crippen LogP contribution >= 0.6 is 0 Å². The van der Waals surface area contributed by atoms with Crippen molar-refractivity contribution >= 4 is 5.69 Å². The zero-order chi connectivity index (χ0) is 12.8. The summed E-state index contributed by atoms with van der Waals surface area (Å²) < 4.78 is 0. The van der Waals surface area contributed by atoms with Crippen LogP contribution in [0.2, 0.25) is 0 Å². The van der Waals surface area contributed by atoms with E-state index in [2.05, 4.69) is 36.1 Å². The van der Waals surface area contributed by atoms with Crippen LogP contribution in [-0.2, 0) is 0 Å².